The highest BCUT2D eigenvalue weighted by Crippen LogP contribution is 2.20. The zero-order valence-electron chi connectivity index (χ0n) is 13.1. The van der Waals surface area contributed by atoms with Gasteiger partial charge in [-0.25, -0.2) is 4.79 Å². The summed E-state index contributed by atoms with van der Waals surface area (Å²) in [5, 5.41) is 0. The van der Waals surface area contributed by atoms with Crippen molar-refractivity contribution in [2.75, 3.05) is 7.11 Å². The van der Waals surface area contributed by atoms with E-state index in [4.69, 9.17) is 9.47 Å². The summed E-state index contributed by atoms with van der Waals surface area (Å²) in [5.41, 5.74) is 1.78. The number of para-hydroxylation sites is 1. The van der Waals surface area contributed by atoms with Crippen LogP contribution in [0, 0.1) is 0 Å². The van der Waals surface area contributed by atoms with E-state index < -0.39 is 0 Å². The molecular weight excluding hydrogens is 276 g/mol. The second-order valence-electron chi connectivity index (χ2n) is 5.29. The number of carbonyl (C=O) groups is 1. The SMILES string of the molecule is COc1ccccc1CCCC(C)OC(=O)c1ccccc1. The fraction of sp³-hybridized carbons (Fsp3) is 0.316. The van der Waals surface area contributed by atoms with Gasteiger partial charge in [-0.2, -0.15) is 0 Å². The molecule has 3 heteroatoms. The molecule has 0 N–H and O–H groups in total. The van der Waals surface area contributed by atoms with Crippen LogP contribution in [-0.4, -0.2) is 19.2 Å². The molecule has 0 bridgehead atoms. The molecule has 0 aliphatic carbocycles. The van der Waals surface area contributed by atoms with Gasteiger partial charge >= 0.3 is 5.97 Å². The minimum atomic E-state index is -0.259. The average molecular weight is 298 g/mol. The molecule has 0 spiro atoms. The fourth-order valence-corrected chi connectivity index (χ4v) is 2.37. The Morgan fingerprint density at radius 3 is 2.45 bits per heavy atom. The molecule has 1 unspecified atom stereocenters. The van der Waals surface area contributed by atoms with Gasteiger partial charge in [-0.05, 0) is 49.9 Å². The maximum atomic E-state index is 11.9. The van der Waals surface area contributed by atoms with Crippen LogP contribution in [0.5, 0.6) is 5.75 Å². The first-order valence-corrected chi connectivity index (χ1v) is 7.58. The minimum Gasteiger partial charge on any atom is -0.496 e. The third kappa shape index (κ3) is 4.62. The first kappa shape index (κ1) is 16.1. The summed E-state index contributed by atoms with van der Waals surface area (Å²) in [6.45, 7) is 1.93. The summed E-state index contributed by atoms with van der Waals surface area (Å²) in [5.74, 6) is 0.654. The van der Waals surface area contributed by atoms with Crippen molar-refractivity contribution in [2.45, 2.75) is 32.3 Å². The molecule has 0 heterocycles. The van der Waals surface area contributed by atoms with Crippen molar-refractivity contribution < 1.29 is 14.3 Å². The van der Waals surface area contributed by atoms with Crippen molar-refractivity contribution in [1.29, 1.82) is 0 Å². The minimum absolute atomic E-state index is 0.0950. The highest BCUT2D eigenvalue weighted by molar-refractivity contribution is 5.89. The fourth-order valence-electron chi connectivity index (χ4n) is 2.37. The molecule has 0 fully saturated rings. The summed E-state index contributed by atoms with van der Waals surface area (Å²) in [7, 11) is 1.68. The van der Waals surface area contributed by atoms with Crippen LogP contribution in [0.25, 0.3) is 0 Å². The Kier molecular flexibility index (Phi) is 6.01. The van der Waals surface area contributed by atoms with Gasteiger partial charge in [0.15, 0.2) is 0 Å². The van der Waals surface area contributed by atoms with E-state index >= 15 is 0 Å². The van der Waals surface area contributed by atoms with Gasteiger partial charge in [-0.3, -0.25) is 0 Å². The number of hydrogen-bond donors (Lipinski definition) is 0. The lowest BCUT2D eigenvalue weighted by atomic mass is 10.1. The van der Waals surface area contributed by atoms with E-state index in [1.165, 1.54) is 5.56 Å². The second-order valence-corrected chi connectivity index (χ2v) is 5.29. The maximum Gasteiger partial charge on any atom is 0.338 e. The molecule has 22 heavy (non-hydrogen) atoms. The Morgan fingerprint density at radius 2 is 1.73 bits per heavy atom. The van der Waals surface area contributed by atoms with Crippen molar-refractivity contribution in [3.05, 3.63) is 65.7 Å². The number of rotatable bonds is 7. The quantitative estimate of drug-likeness (QED) is 0.716. The summed E-state index contributed by atoms with van der Waals surface area (Å²) in [6.07, 6.45) is 2.60. The normalized spacial score (nSPS) is 11.7. The van der Waals surface area contributed by atoms with Crippen molar-refractivity contribution in [3.8, 4) is 5.75 Å². The van der Waals surface area contributed by atoms with Crippen LogP contribution in [0.2, 0.25) is 0 Å². The highest BCUT2D eigenvalue weighted by atomic mass is 16.5. The number of carbonyl (C=O) groups excluding carboxylic acids is 1. The molecule has 1 atom stereocenters. The predicted molar refractivity (Wildman–Crippen MR) is 87.3 cm³/mol. The van der Waals surface area contributed by atoms with Crippen molar-refractivity contribution in [3.63, 3.8) is 0 Å². The van der Waals surface area contributed by atoms with E-state index in [-0.39, 0.29) is 12.1 Å². The van der Waals surface area contributed by atoms with Gasteiger partial charge < -0.3 is 9.47 Å². The van der Waals surface area contributed by atoms with Gasteiger partial charge in [0, 0.05) is 0 Å². The molecule has 0 aliphatic rings. The van der Waals surface area contributed by atoms with Crippen LogP contribution in [-0.2, 0) is 11.2 Å². The first-order valence-electron chi connectivity index (χ1n) is 7.58. The lowest BCUT2D eigenvalue weighted by molar-refractivity contribution is 0.0321. The van der Waals surface area contributed by atoms with Gasteiger partial charge in [-0.15, -0.1) is 0 Å². The van der Waals surface area contributed by atoms with E-state index in [0.29, 0.717) is 5.56 Å². The predicted octanol–water partition coefficient (Wildman–Crippen LogP) is 4.26. The smallest absolute Gasteiger partial charge is 0.338 e. The topological polar surface area (TPSA) is 35.5 Å². The lowest BCUT2D eigenvalue weighted by Gasteiger charge is -2.14. The zero-order chi connectivity index (χ0) is 15.8. The Bertz CT molecular complexity index is 593. The Hall–Kier alpha value is -2.29. The van der Waals surface area contributed by atoms with Crippen LogP contribution in [0.1, 0.15) is 35.7 Å². The first-order chi connectivity index (χ1) is 10.7. The molecule has 0 saturated carbocycles. The molecular formula is C19H22O3. The molecule has 2 rings (SSSR count). The maximum absolute atomic E-state index is 11.9. The third-order valence-corrected chi connectivity index (χ3v) is 3.57. The number of methoxy groups -OCH3 is 1. The van der Waals surface area contributed by atoms with Crippen molar-refractivity contribution in [1.82, 2.24) is 0 Å². The number of hydrogen-bond acceptors (Lipinski definition) is 3. The van der Waals surface area contributed by atoms with Crippen molar-refractivity contribution >= 4 is 5.97 Å². The van der Waals surface area contributed by atoms with Crippen LogP contribution >= 0.6 is 0 Å². The van der Waals surface area contributed by atoms with Crippen LogP contribution in [0.15, 0.2) is 54.6 Å². The van der Waals surface area contributed by atoms with E-state index in [0.717, 1.165) is 25.0 Å². The summed E-state index contributed by atoms with van der Waals surface area (Å²) in [4.78, 5) is 11.9. The highest BCUT2D eigenvalue weighted by Gasteiger charge is 2.11. The van der Waals surface area contributed by atoms with E-state index in [1.54, 1.807) is 19.2 Å². The summed E-state index contributed by atoms with van der Waals surface area (Å²) in [6, 6.07) is 17.1. The number of esters is 1. The monoisotopic (exact) mass is 298 g/mol. The van der Waals surface area contributed by atoms with Gasteiger partial charge in [0.2, 0.25) is 0 Å². The second kappa shape index (κ2) is 8.23. The summed E-state index contributed by atoms with van der Waals surface area (Å²) >= 11 is 0. The van der Waals surface area contributed by atoms with Gasteiger partial charge in [0.1, 0.15) is 5.75 Å². The average Bonchev–Trinajstić information content (AvgIpc) is 2.56. The van der Waals surface area contributed by atoms with Gasteiger partial charge in [0.05, 0.1) is 18.8 Å². The molecule has 0 radical (unpaired) electrons. The Morgan fingerprint density at radius 1 is 1.05 bits per heavy atom. The molecule has 0 amide bonds. The van der Waals surface area contributed by atoms with Gasteiger partial charge in [-0.1, -0.05) is 36.4 Å². The molecule has 116 valence electrons. The standard InChI is InChI=1S/C19H22O3/c1-15(22-19(20)17-11-4-3-5-12-17)9-8-13-16-10-6-7-14-18(16)21-2/h3-7,10-12,14-15H,8-9,13H2,1-2H3. The number of benzene rings is 2. The van der Waals surface area contributed by atoms with Crippen molar-refractivity contribution in [2.24, 2.45) is 0 Å². The number of ether oxygens (including phenoxy) is 2. The van der Waals surface area contributed by atoms with Gasteiger partial charge in [0.25, 0.3) is 0 Å². The molecule has 0 saturated heterocycles. The van der Waals surface area contributed by atoms with E-state index in [9.17, 15) is 4.79 Å². The molecule has 0 aromatic heterocycles. The van der Waals surface area contributed by atoms with Crippen LogP contribution in [0.3, 0.4) is 0 Å². The van der Waals surface area contributed by atoms with E-state index in [2.05, 4.69) is 6.07 Å². The third-order valence-electron chi connectivity index (χ3n) is 3.57. The zero-order valence-corrected chi connectivity index (χ0v) is 13.1. The van der Waals surface area contributed by atoms with Crippen LogP contribution in [0.4, 0.5) is 0 Å². The summed E-state index contributed by atoms with van der Waals surface area (Å²) < 4.78 is 10.8. The largest absolute Gasteiger partial charge is 0.496 e. The Labute approximate surface area is 131 Å². The van der Waals surface area contributed by atoms with E-state index in [1.807, 2.05) is 43.3 Å². The molecule has 2 aromatic carbocycles. The molecule has 3 nitrogen and oxygen atoms in total. The molecule has 0 aliphatic heterocycles. The Balaban J connectivity index is 1.78. The lowest BCUT2D eigenvalue weighted by Crippen LogP contribution is -2.15. The molecule has 2 aromatic rings. The van der Waals surface area contributed by atoms with Crippen LogP contribution < -0.4 is 4.74 Å². The number of aryl methyl sites for hydroxylation is 1.